The van der Waals surface area contributed by atoms with E-state index in [2.05, 4.69) is 4.98 Å². The van der Waals surface area contributed by atoms with E-state index in [1.807, 2.05) is 13.8 Å². The molecule has 1 unspecified atom stereocenters. The molecule has 1 atom stereocenters. The number of carbonyl (C=O) groups is 3. The first-order chi connectivity index (χ1) is 17.4. The van der Waals surface area contributed by atoms with Gasteiger partial charge >= 0.3 is 6.09 Å². The van der Waals surface area contributed by atoms with Crippen molar-refractivity contribution in [2.24, 2.45) is 0 Å². The van der Waals surface area contributed by atoms with Gasteiger partial charge in [0.15, 0.2) is 0 Å². The van der Waals surface area contributed by atoms with Gasteiger partial charge in [0.2, 0.25) is 0 Å². The number of pyridine rings is 1. The SMILES string of the molecule is CCOC(=O)N1CCC(N2C(=O)C(=O)/C(=C(/O)c3ccc(OCC)c(C)c3)C2c2ccccn2)CC1. The van der Waals surface area contributed by atoms with Crippen LogP contribution in [0.5, 0.6) is 5.75 Å². The Morgan fingerprint density at radius 3 is 2.47 bits per heavy atom. The van der Waals surface area contributed by atoms with Crippen LogP contribution in [0.15, 0.2) is 48.2 Å². The molecule has 0 aliphatic carbocycles. The maximum Gasteiger partial charge on any atom is 0.409 e. The zero-order valence-corrected chi connectivity index (χ0v) is 20.8. The summed E-state index contributed by atoms with van der Waals surface area (Å²) < 4.78 is 10.7. The van der Waals surface area contributed by atoms with Crippen LogP contribution in [0, 0.1) is 6.92 Å². The third kappa shape index (κ3) is 4.78. The molecule has 1 N–H and O–H groups in total. The molecule has 2 aromatic rings. The maximum absolute atomic E-state index is 13.3. The Bertz CT molecular complexity index is 1170. The Morgan fingerprint density at radius 2 is 1.86 bits per heavy atom. The summed E-state index contributed by atoms with van der Waals surface area (Å²) in [6.45, 7) is 7.10. The molecule has 3 heterocycles. The van der Waals surface area contributed by atoms with E-state index in [1.165, 1.54) is 4.90 Å². The third-order valence-corrected chi connectivity index (χ3v) is 6.58. The van der Waals surface area contributed by atoms with Crippen LogP contribution < -0.4 is 4.74 Å². The van der Waals surface area contributed by atoms with E-state index in [1.54, 1.807) is 54.4 Å². The second kappa shape index (κ2) is 10.8. The van der Waals surface area contributed by atoms with E-state index < -0.39 is 17.7 Å². The molecular weight excluding hydrogens is 462 g/mol. The summed E-state index contributed by atoms with van der Waals surface area (Å²) in [6, 6.07) is 9.30. The van der Waals surface area contributed by atoms with Crippen molar-refractivity contribution in [3.8, 4) is 5.75 Å². The van der Waals surface area contributed by atoms with Crippen LogP contribution in [-0.4, -0.2) is 70.0 Å². The molecule has 2 saturated heterocycles. The largest absolute Gasteiger partial charge is 0.507 e. The van der Waals surface area contributed by atoms with Crippen LogP contribution in [0.2, 0.25) is 0 Å². The maximum atomic E-state index is 13.3. The lowest BCUT2D eigenvalue weighted by Gasteiger charge is -2.38. The van der Waals surface area contributed by atoms with Crippen molar-refractivity contribution in [2.75, 3.05) is 26.3 Å². The van der Waals surface area contributed by atoms with Gasteiger partial charge in [-0.25, -0.2) is 4.79 Å². The molecule has 9 nitrogen and oxygen atoms in total. The molecule has 0 spiro atoms. The number of carbonyl (C=O) groups excluding carboxylic acids is 3. The fourth-order valence-electron chi connectivity index (χ4n) is 4.87. The highest BCUT2D eigenvalue weighted by Gasteiger charge is 2.50. The molecule has 0 radical (unpaired) electrons. The molecule has 2 aliphatic heterocycles. The Morgan fingerprint density at radius 1 is 1.11 bits per heavy atom. The minimum absolute atomic E-state index is 0.00934. The lowest BCUT2D eigenvalue weighted by Crippen LogP contribution is -2.48. The molecule has 4 rings (SSSR count). The van der Waals surface area contributed by atoms with Crippen molar-refractivity contribution >= 4 is 23.5 Å². The number of hydrogen-bond acceptors (Lipinski definition) is 7. The summed E-state index contributed by atoms with van der Waals surface area (Å²) >= 11 is 0. The lowest BCUT2D eigenvalue weighted by atomic mass is 9.96. The summed E-state index contributed by atoms with van der Waals surface area (Å²) in [6.07, 6.45) is 2.18. The molecule has 9 heteroatoms. The minimum Gasteiger partial charge on any atom is -0.507 e. The summed E-state index contributed by atoms with van der Waals surface area (Å²) in [5.41, 5.74) is 1.73. The number of aliphatic hydroxyl groups excluding tert-OH is 1. The van der Waals surface area contributed by atoms with Crippen LogP contribution in [0.25, 0.3) is 5.76 Å². The average Bonchev–Trinajstić information content (AvgIpc) is 3.16. The predicted octanol–water partition coefficient (Wildman–Crippen LogP) is 3.83. The summed E-state index contributed by atoms with van der Waals surface area (Å²) in [5, 5.41) is 11.3. The van der Waals surface area contributed by atoms with Gasteiger partial charge in [-0.05, 0) is 69.5 Å². The summed E-state index contributed by atoms with van der Waals surface area (Å²) in [5.74, 6) is -0.988. The van der Waals surface area contributed by atoms with Crippen LogP contribution >= 0.6 is 0 Å². The van der Waals surface area contributed by atoms with Gasteiger partial charge in [-0.15, -0.1) is 0 Å². The normalized spacial score (nSPS) is 20.0. The van der Waals surface area contributed by atoms with Gasteiger partial charge in [-0.3, -0.25) is 14.6 Å². The molecule has 0 bridgehead atoms. The molecule has 36 heavy (non-hydrogen) atoms. The van der Waals surface area contributed by atoms with E-state index in [9.17, 15) is 19.5 Å². The van der Waals surface area contributed by atoms with E-state index >= 15 is 0 Å². The molecular formula is C27H31N3O6. The fourth-order valence-corrected chi connectivity index (χ4v) is 4.87. The van der Waals surface area contributed by atoms with Crippen LogP contribution in [0.1, 0.15) is 49.6 Å². The quantitative estimate of drug-likeness (QED) is 0.370. The van der Waals surface area contributed by atoms with Crippen LogP contribution in [-0.2, 0) is 14.3 Å². The number of nitrogens with zero attached hydrogens (tertiary/aromatic N) is 3. The number of piperidine rings is 1. The van der Waals surface area contributed by atoms with Crippen molar-refractivity contribution in [3.05, 3.63) is 65.0 Å². The number of likely N-dealkylation sites (tertiary alicyclic amines) is 2. The standard InChI is InChI=1S/C27H31N3O6/c1-4-35-21-10-9-18(16-17(21)3)24(31)22-23(20-8-6-7-13-28-20)30(26(33)25(22)32)19-11-14-29(15-12-19)27(34)36-5-2/h6-10,13,16,19,23,31H,4-5,11-12,14-15H2,1-3H3/b24-22+. The Hall–Kier alpha value is -3.88. The first kappa shape index (κ1) is 25.2. The number of ketones is 1. The number of hydrogen-bond donors (Lipinski definition) is 1. The molecule has 2 fully saturated rings. The number of aliphatic hydroxyl groups is 1. The van der Waals surface area contributed by atoms with Crippen molar-refractivity contribution < 1.29 is 29.0 Å². The van der Waals surface area contributed by atoms with Crippen molar-refractivity contribution in [3.63, 3.8) is 0 Å². The molecule has 2 aliphatic rings. The number of aromatic nitrogens is 1. The molecule has 190 valence electrons. The van der Waals surface area contributed by atoms with Gasteiger partial charge in [0.05, 0.1) is 24.5 Å². The first-order valence-electron chi connectivity index (χ1n) is 12.2. The second-order valence-electron chi connectivity index (χ2n) is 8.79. The van der Waals surface area contributed by atoms with Gasteiger partial charge in [-0.2, -0.15) is 0 Å². The highest BCUT2D eigenvalue weighted by molar-refractivity contribution is 6.46. The number of Topliss-reactive ketones (excluding diaryl/α,β-unsaturated/α-hetero) is 1. The smallest absolute Gasteiger partial charge is 0.409 e. The van der Waals surface area contributed by atoms with Gasteiger partial charge < -0.3 is 24.4 Å². The lowest BCUT2D eigenvalue weighted by molar-refractivity contribution is -0.142. The average molecular weight is 494 g/mol. The topological polar surface area (TPSA) is 109 Å². The van der Waals surface area contributed by atoms with Gasteiger partial charge in [0, 0.05) is 30.9 Å². The van der Waals surface area contributed by atoms with E-state index in [4.69, 9.17) is 9.47 Å². The Balaban J connectivity index is 1.72. The first-order valence-corrected chi connectivity index (χ1v) is 12.2. The molecule has 2 amide bonds. The van der Waals surface area contributed by atoms with Crippen molar-refractivity contribution in [1.82, 2.24) is 14.8 Å². The number of amides is 2. The Labute approximate surface area is 210 Å². The van der Waals surface area contributed by atoms with E-state index in [0.717, 1.165) is 5.56 Å². The highest BCUT2D eigenvalue weighted by atomic mass is 16.6. The number of ether oxygens (including phenoxy) is 2. The number of rotatable bonds is 6. The van der Waals surface area contributed by atoms with Crippen molar-refractivity contribution in [1.29, 1.82) is 0 Å². The molecule has 1 aromatic heterocycles. The predicted molar refractivity (Wildman–Crippen MR) is 132 cm³/mol. The van der Waals surface area contributed by atoms with Gasteiger partial charge in [-0.1, -0.05) is 6.07 Å². The Kier molecular flexibility index (Phi) is 7.57. The zero-order chi connectivity index (χ0) is 25.8. The number of benzene rings is 1. The second-order valence-corrected chi connectivity index (χ2v) is 8.79. The van der Waals surface area contributed by atoms with E-state index in [0.29, 0.717) is 49.5 Å². The van der Waals surface area contributed by atoms with Crippen LogP contribution in [0.3, 0.4) is 0 Å². The highest BCUT2D eigenvalue weighted by Crippen LogP contribution is 2.41. The number of aryl methyl sites for hydroxylation is 1. The van der Waals surface area contributed by atoms with Crippen LogP contribution in [0.4, 0.5) is 4.79 Å². The minimum atomic E-state index is -0.836. The van der Waals surface area contributed by atoms with Crippen molar-refractivity contribution in [2.45, 2.75) is 45.7 Å². The molecule has 1 aromatic carbocycles. The zero-order valence-electron chi connectivity index (χ0n) is 20.8. The summed E-state index contributed by atoms with van der Waals surface area (Å²) in [7, 11) is 0. The van der Waals surface area contributed by atoms with Gasteiger partial charge in [0.1, 0.15) is 17.6 Å². The third-order valence-electron chi connectivity index (χ3n) is 6.58. The monoisotopic (exact) mass is 493 g/mol. The summed E-state index contributed by atoms with van der Waals surface area (Å²) in [4.78, 5) is 46.4. The van der Waals surface area contributed by atoms with Gasteiger partial charge in [0.25, 0.3) is 11.7 Å². The molecule has 0 saturated carbocycles. The van der Waals surface area contributed by atoms with E-state index in [-0.39, 0.29) is 30.1 Å². The fraction of sp³-hybridized carbons (Fsp3) is 0.407.